The zero-order valence-corrected chi connectivity index (χ0v) is 15.5. The number of carbonyl (C=O) groups excluding carboxylic acids is 1. The summed E-state index contributed by atoms with van der Waals surface area (Å²) in [7, 11) is 1.64. The molecule has 0 unspecified atom stereocenters. The van der Waals surface area contributed by atoms with Gasteiger partial charge in [-0.3, -0.25) is 9.78 Å². The Morgan fingerprint density at radius 2 is 2.04 bits per heavy atom. The van der Waals surface area contributed by atoms with Gasteiger partial charge in [-0.2, -0.15) is 0 Å². The first-order valence-corrected chi connectivity index (χ1v) is 9.29. The van der Waals surface area contributed by atoms with E-state index in [2.05, 4.69) is 9.97 Å². The van der Waals surface area contributed by atoms with Crippen LogP contribution in [0.2, 0.25) is 0 Å². The lowest BCUT2D eigenvalue weighted by Crippen LogP contribution is -2.34. The lowest BCUT2D eigenvalue weighted by atomic mass is 10.2. The predicted octanol–water partition coefficient (Wildman–Crippen LogP) is 3.42. The number of hydrogen-bond donors (Lipinski definition) is 0. The van der Waals surface area contributed by atoms with Crippen molar-refractivity contribution in [3.63, 3.8) is 0 Å². The quantitative estimate of drug-likeness (QED) is 0.612. The van der Waals surface area contributed by atoms with Crippen LogP contribution in [-0.2, 0) is 22.5 Å². The number of hydrogen-bond acceptors (Lipinski definition) is 5. The minimum atomic E-state index is 0.0499. The zero-order valence-electron chi connectivity index (χ0n) is 14.7. The average molecular weight is 367 g/mol. The fourth-order valence-corrected chi connectivity index (χ4v) is 3.38. The van der Waals surface area contributed by atoms with Crippen molar-refractivity contribution in [2.45, 2.75) is 13.0 Å². The molecule has 0 fully saturated rings. The molecule has 0 N–H and O–H groups in total. The number of amides is 1. The molecule has 0 saturated heterocycles. The number of ether oxygens (including phenoxy) is 1. The van der Waals surface area contributed by atoms with E-state index in [0.717, 1.165) is 21.8 Å². The number of carbonyl (C=O) groups is 1. The van der Waals surface area contributed by atoms with Crippen molar-refractivity contribution in [1.82, 2.24) is 14.9 Å². The van der Waals surface area contributed by atoms with Gasteiger partial charge in [0, 0.05) is 43.5 Å². The maximum Gasteiger partial charge on any atom is 0.228 e. The van der Waals surface area contributed by atoms with E-state index in [1.165, 1.54) is 11.3 Å². The highest BCUT2D eigenvalue weighted by molar-refractivity contribution is 7.13. The molecule has 0 radical (unpaired) electrons. The van der Waals surface area contributed by atoms with Crippen molar-refractivity contribution in [2.24, 2.45) is 0 Å². The topological polar surface area (TPSA) is 55.3 Å². The molecular weight excluding hydrogens is 346 g/mol. The Kier molecular flexibility index (Phi) is 6.46. The second-order valence-electron chi connectivity index (χ2n) is 5.86. The SMILES string of the molecule is COCCN(Cc1ccccc1)C(=O)Cc1csc(-c2cccnc2)n1. The van der Waals surface area contributed by atoms with Gasteiger partial charge in [-0.1, -0.05) is 30.3 Å². The second-order valence-corrected chi connectivity index (χ2v) is 6.71. The summed E-state index contributed by atoms with van der Waals surface area (Å²) in [5, 5.41) is 2.82. The first-order valence-electron chi connectivity index (χ1n) is 8.41. The van der Waals surface area contributed by atoms with Crippen LogP contribution in [0.4, 0.5) is 0 Å². The standard InChI is InChI=1S/C20H21N3O2S/c1-25-11-10-23(14-16-6-3-2-4-7-16)19(24)12-18-15-26-20(22-18)17-8-5-9-21-13-17/h2-9,13,15H,10-12,14H2,1H3. The number of rotatable bonds is 8. The molecule has 0 aliphatic rings. The van der Waals surface area contributed by atoms with Crippen LogP contribution in [-0.4, -0.2) is 41.0 Å². The maximum atomic E-state index is 12.8. The zero-order chi connectivity index (χ0) is 18.2. The molecule has 0 atom stereocenters. The molecule has 134 valence electrons. The van der Waals surface area contributed by atoms with Crippen molar-refractivity contribution in [1.29, 1.82) is 0 Å². The van der Waals surface area contributed by atoms with Crippen LogP contribution in [0.3, 0.4) is 0 Å². The molecule has 3 rings (SSSR count). The normalized spacial score (nSPS) is 10.7. The Balaban J connectivity index is 1.68. The molecule has 26 heavy (non-hydrogen) atoms. The predicted molar refractivity (Wildman–Crippen MR) is 103 cm³/mol. The number of aromatic nitrogens is 2. The van der Waals surface area contributed by atoms with Gasteiger partial charge in [-0.15, -0.1) is 11.3 Å². The number of benzene rings is 1. The molecule has 0 aliphatic heterocycles. The van der Waals surface area contributed by atoms with Crippen LogP contribution in [0.1, 0.15) is 11.3 Å². The number of methoxy groups -OCH3 is 1. The van der Waals surface area contributed by atoms with Gasteiger partial charge in [-0.25, -0.2) is 4.98 Å². The van der Waals surface area contributed by atoms with Crippen molar-refractivity contribution >= 4 is 17.2 Å². The van der Waals surface area contributed by atoms with E-state index in [4.69, 9.17) is 4.74 Å². The lowest BCUT2D eigenvalue weighted by Gasteiger charge is -2.22. The van der Waals surface area contributed by atoms with Crippen LogP contribution in [0.5, 0.6) is 0 Å². The summed E-state index contributed by atoms with van der Waals surface area (Å²) in [5.74, 6) is 0.0499. The monoisotopic (exact) mass is 367 g/mol. The first kappa shape index (κ1) is 18.2. The van der Waals surface area contributed by atoms with Crippen LogP contribution < -0.4 is 0 Å². The fraction of sp³-hybridized carbons (Fsp3) is 0.250. The first-order chi connectivity index (χ1) is 12.8. The minimum absolute atomic E-state index is 0.0499. The Labute approximate surface area is 157 Å². The molecular formula is C20H21N3O2S. The fourth-order valence-electron chi connectivity index (χ4n) is 2.57. The smallest absolute Gasteiger partial charge is 0.228 e. The lowest BCUT2D eigenvalue weighted by molar-refractivity contribution is -0.131. The van der Waals surface area contributed by atoms with Crippen molar-refractivity contribution < 1.29 is 9.53 Å². The maximum absolute atomic E-state index is 12.8. The van der Waals surface area contributed by atoms with E-state index in [1.54, 1.807) is 19.5 Å². The third kappa shape index (κ3) is 4.97. The van der Waals surface area contributed by atoms with Gasteiger partial charge in [0.25, 0.3) is 0 Å². The highest BCUT2D eigenvalue weighted by Crippen LogP contribution is 2.23. The van der Waals surface area contributed by atoms with Gasteiger partial charge in [0.05, 0.1) is 18.7 Å². The van der Waals surface area contributed by atoms with Crippen LogP contribution in [0.25, 0.3) is 10.6 Å². The second kappa shape index (κ2) is 9.22. The highest BCUT2D eigenvalue weighted by atomic mass is 32.1. The molecule has 2 aromatic heterocycles. The van der Waals surface area contributed by atoms with Crippen LogP contribution in [0, 0.1) is 0 Å². The molecule has 0 aliphatic carbocycles. The highest BCUT2D eigenvalue weighted by Gasteiger charge is 2.16. The number of nitrogens with zero attached hydrogens (tertiary/aromatic N) is 3. The Morgan fingerprint density at radius 1 is 1.19 bits per heavy atom. The van der Waals surface area contributed by atoms with Gasteiger partial charge >= 0.3 is 0 Å². The molecule has 1 amide bonds. The number of pyridine rings is 1. The van der Waals surface area contributed by atoms with E-state index < -0.39 is 0 Å². The summed E-state index contributed by atoms with van der Waals surface area (Å²) in [6, 6.07) is 13.8. The largest absolute Gasteiger partial charge is 0.383 e. The summed E-state index contributed by atoms with van der Waals surface area (Å²) in [6.07, 6.45) is 3.80. The van der Waals surface area contributed by atoms with Gasteiger partial charge in [-0.05, 0) is 17.7 Å². The molecule has 2 heterocycles. The third-order valence-electron chi connectivity index (χ3n) is 3.93. The average Bonchev–Trinajstić information content (AvgIpc) is 3.15. The molecule has 3 aromatic rings. The van der Waals surface area contributed by atoms with E-state index in [-0.39, 0.29) is 12.3 Å². The molecule has 5 nitrogen and oxygen atoms in total. The van der Waals surface area contributed by atoms with E-state index in [1.807, 2.05) is 52.7 Å². The summed E-state index contributed by atoms with van der Waals surface area (Å²) >= 11 is 1.53. The molecule has 0 spiro atoms. The summed E-state index contributed by atoms with van der Waals surface area (Å²) < 4.78 is 5.16. The Hall–Kier alpha value is -2.57. The van der Waals surface area contributed by atoms with Gasteiger partial charge in [0.1, 0.15) is 5.01 Å². The minimum Gasteiger partial charge on any atom is -0.383 e. The Bertz CT molecular complexity index is 821. The van der Waals surface area contributed by atoms with E-state index in [9.17, 15) is 4.79 Å². The van der Waals surface area contributed by atoms with Crippen molar-refractivity contribution in [2.75, 3.05) is 20.3 Å². The third-order valence-corrected chi connectivity index (χ3v) is 4.87. The van der Waals surface area contributed by atoms with E-state index >= 15 is 0 Å². The summed E-state index contributed by atoms with van der Waals surface area (Å²) in [5.41, 5.74) is 2.86. The van der Waals surface area contributed by atoms with Crippen molar-refractivity contribution in [3.05, 3.63) is 71.5 Å². The van der Waals surface area contributed by atoms with Gasteiger partial charge in [0.2, 0.25) is 5.91 Å². The molecule has 6 heteroatoms. The molecule has 1 aromatic carbocycles. The summed E-state index contributed by atoms with van der Waals surface area (Å²) in [4.78, 5) is 23.3. The van der Waals surface area contributed by atoms with Crippen molar-refractivity contribution in [3.8, 4) is 10.6 Å². The van der Waals surface area contributed by atoms with E-state index in [0.29, 0.717) is 19.7 Å². The van der Waals surface area contributed by atoms with Crippen LogP contribution in [0.15, 0.2) is 60.2 Å². The van der Waals surface area contributed by atoms with Gasteiger partial charge in [0.15, 0.2) is 0 Å². The van der Waals surface area contributed by atoms with Crippen LogP contribution >= 0.6 is 11.3 Å². The molecule has 0 saturated carbocycles. The molecule has 0 bridgehead atoms. The van der Waals surface area contributed by atoms with Gasteiger partial charge < -0.3 is 9.64 Å². The number of thiazole rings is 1. The summed E-state index contributed by atoms with van der Waals surface area (Å²) in [6.45, 7) is 1.64. The Morgan fingerprint density at radius 3 is 2.77 bits per heavy atom.